The second kappa shape index (κ2) is 7.50. The van der Waals surface area contributed by atoms with Crippen LogP contribution in [0.15, 0.2) is 113 Å². The average Bonchev–Trinajstić information content (AvgIpc) is 3.25. The molecule has 2 heterocycles. The van der Waals surface area contributed by atoms with E-state index in [2.05, 4.69) is 76.3 Å². The lowest BCUT2D eigenvalue weighted by Gasteiger charge is -2.07. The van der Waals surface area contributed by atoms with Gasteiger partial charge in [0.2, 0.25) is 6.33 Å². The monoisotopic (exact) mass is 417 g/mol. The maximum atomic E-state index is 12.2. The molecule has 0 aliphatic heterocycles. The fourth-order valence-electron chi connectivity index (χ4n) is 4.52. The first-order chi connectivity index (χ1) is 15.7. The van der Waals surface area contributed by atoms with Gasteiger partial charge in [0.1, 0.15) is 31.1 Å². The number of rotatable bonds is 4. The largest absolute Gasteiger partial charge is 0.423 e. The fraction of sp³-hybridized carbons (Fsp3) is 0.0714. The Labute approximate surface area is 184 Å². The lowest BCUT2D eigenvalue weighted by atomic mass is 10.0. The highest BCUT2D eigenvalue weighted by Gasteiger charge is 2.13. The summed E-state index contributed by atoms with van der Waals surface area (Å²) in [6.07, 6.45) is 6.20. The Hall–Kier alpha value is -4.18. The zero-order chi connectivity index (χ0) is 21.5. The summed E-state index contributed by atoms with van der Waals surface area (Å²) in [5.74, 6) is 0. The number of imidazole rings is 1. The van der Waals surface area contributed by atoms with E-state index in [1.54, 1.807) is 6.07 Å². The minimum atomic E-state index is -0.320. The second-order valence-corrected chi connectivity index (χ2v) is 8.19. The van der Waals surface area contributed by atoms with E-state index in [4.69, 9.17) is 4.42 Å². The summed E-state index contributed by atoms with van der Waals surface area (Å²) in [4.78, 5) is 12.2. The predicted molar refractivity (Wildman–Crippen MR) is 127 cm³/mol. The van der Waals surface area contributed by atoms with E-state index < -0.39 is 0 Å². The SMILES string of the molecule is O=c1cc(Cn2cc[n+](Cc3ccc4ccccc4c3)c2)c2c(ccc3ccccc32)o1. The van der Waals surface area contributed by atoms with Gasteiger partial charge in [-0.25, -0.2) is 13.9 Å². The van der Waals surface area contributed by atoms with Crippen molar-refractivity contribution >= 4 is 32.5 Å². The molecule has 0 atom stereocenters. The summed E-state index contributed by atoms with van der Waals surface area (Å²) in [5.41, 5.74) is 2.52. The van der Waals surface area contributed by atoms with Crippen molar-refractivity contribution in [1.29, 1.82) is 0 Å². The highest BCUT2D eigenvalue weighted by molar-refractivity contribution is 6.07. The Morgan fingerprint density at radius 1 is 0.812 bits per heavy atom. The van der Waals surface area contributed by atoms with E-state index in [-0.39, 0.29) is 5.63 Å². The summed E-state index contributed by atoms with van der Waals surface area (Å²) in [6, 6.07) is 28.7. The van der Waals surface area contributed by atoms with Crippen molar-refractivity contribution in [3.63, 3.8) is 0 Å². The number of aromatic nitrogens is 2. The van der Waals surface area contributed by atoms with Gasteiger partial charge in [0.25, 0.3) is 0 Å². The van der Waals surface area contributed by atoms with Crippen LogP contribution in [0.1, 0.15) is 11.1 Å². The van der Waals surface area contributed by atoms with Crippen LogP contribution in [0.25, 0.3) is 32.5 Å². The van der Waals surface area contributed by atoms with Crippen molar-refractivity contribution in [2.45, 2.75) is 13.1 Å². The topological polar surface area (TPSA) is 39.0 Å². The van der Waals surface area contributed by atoms with Crippen LogP contribution >= 0.6 is 0 Å². The lowest BCUT2D eigenvalue weighted by molar-refractivity contribution is -0.687. The Bertz CT molecular complexity index is 1660. The summed E-state index contributed by atoms with van der Waals surface area (Å²) in [7, 11) is 0. The van der Waals surface area contributed by atoms with Gasteiger partial charge in [-0.15, -0.1) is 0 Å². The number of hydrogen-bond acceptors (Lipinski definition) is 2. The molecular formula is C28H21N2O2+. The molecule has 2 aromatic heterocycles. The quantitative estimate of drug-likeness (QED) is 0.222. The molecule has 6 aromatic rings. The molecule has 0 radical (unpaired) electrons. The average molecular weight is 417 g/mol. The van der Waals surface area contributed by atoms with E-state index in [1.165, 1.54) is 16.3 Å². The van der Waals surface area contributed by atoms with Crippen molar-refractivity contribution in [2.75, 3.05) is 0 Å². The van der Waals surface area contributed by atoms with Gasteiger partial charge in [0.05, 0.1) is 0 Å². The molecule has 0 bridgehead atoms. The van der Waals surface area contributed by atoms with Gasteiger partial charge in [-0.1, -0.05) is 66.7 Å². The van der Waals surface area contributed by atoms with Gasteiger partial charge in [0.15, 0.2) is 0 Å². The van der Waals surface area contributed by atoms with Crippen LogP contribution < -0.4 is 10.2 Å². The van der Waals surface area contributed by atoms with Gasteiger partial charge in [0, 0.05) is 17.0 Å². The number of hydrogen-bond donors (Lipinski definition) is 0. The Kier molecular flexibility index (Phi) is 4.36. The summed E-state index contributed by atoms with van der Waals surface area (Å²) >= 11 is 0. The Morgan fingerprint density at radius 2 is 1.59 bits per heavy atom. The molecule has 6 rings (SSSR count). The van der Waals surface area contributed by atoms with Crippen LogP contribution in [0.3, 0.4) is 0 Å². The van der Waals surface area contributed by atoms with Gasteiger partial charge in [-0.2, -0.15) is 0 Å². The molecule has 0 spiro atoms. The van der Waals surface area contributed by atoms with Crippen LogP contribution in [-0.2, 0) is 13.1 Å². The van der Waals surface area contributed by atoms with Gasteiger partial charge in [-0.3, -0.25) is 0 Å². The lowest BCUT2D eigenvalue weighted by Crippen LogP contribution is -2.31. The minimum absolute atomic E-state index is 0.320. The van der Waals surface area contributed by atoms with Crippen molar-refractivity contribution < 1.29 is 8.98 Å². The zero-order valence-corrected chi connectivity index (χ0v) is 17.4. The zero-order valence-electron chi connectivity index (χ0n) is 17.4. The molecule has 0 amide bonds. The molecule has 4 aromatic carbocycles. The highest BCUT2D eigenvalue weighted by atomic mass is 16.4. The molecule has 4 heteroatoms. The van der Waals surface area contributed by atoms with Gasteiger partial charge >= 0.3 is 5.63 Å². The number of fused-ring (bicyclic) bond motifs is 4. The molecule has 154 valence electrons. The Morgan fingerprint density at radius 3 is 2.50 bits per heavy atom. The third-order valence-corrected chi connectivity index (χ3v) is 5.99. The van der Waals surface area contributed by atoms with Crippen LogP contribution in [0.2, 0.25) is 0 Å². The van der Waals surface area contributed by atoms with E-state index in [0.717, 1.165) is 28.3 Å². The first kappa shape index (κ1) is 18.6. The smallest absolute Gasteiger partial charge is 0.336 e. The van der Waals surface area contributed by atoms with Crippen LogP contribution in [-0.4, -0.2) is 4.57 Å². The van der Waals surface area contributed by atoms with E-state index in [9.17, 15) is 4.79 Å². The highest BCUT2D eigenvalue weighted by Crippen LogP contribution is 2.27. The molecule has 0 saturated carbocycles. The van der Waals surface area contributed by atoms with Crippen molar-refractivity contribution in [1.82, 2.24) is 4.57 Å². The van der Waals surface area contributed by atoms with Crippen LogP contribution in [0, 0.1) is 0 Å². The molecule has 0 aliphatic carbocycles. The first-order valence-corrected chi connectivity index (χ1v) is 10.7. The molecule has 0 aliphatic rings. The third kappa shape index (κ3) is 3.36. The van der Waals surface area contributed by atoms with Gasteiger partial charge in [-0.05, 0) is 39.2 Å². The van der Waals surface area contributed by atoms with Crippen molar-refractivity contribution in [3.8, 4) is 0 Å². The van der Waals surface area contributed by atoms with E-state index >= 15 is 0 Å². The van der Waals surface area contributed by atoms with Crippen LogP contribution in [0.5, 0.6) is 0 Å². The normalized spacial score (nSPS) is 11.5. The molecule has 4 nitrogen and oxygen atoms in total. The molecule has 0 N–H and O–H groups in total. The minimum Gasteiger partial charge on any atom is -0.423 e. The molecule has 32 heavy (non-hydrogen) atoms. The maximum absolute atomic E-state index is 12.2. The number of benzene rings is 4. The van der Waals surface area contributed by atoms with Crippen molar-refractivity contribution in [2.24, 2.45) is 0 Å². The number of nitrogens with zero attached hydrogens (tertiary/aromatic N) is 2. The molecular weight excluding hydrogens is 396 g/mol. The third-order valence-electron chi connectivity index (χ3n) is 5.99. The van der Waals surface area contributed by atoms with Crippen molar-refractivity contribution in [3.05, 3.63) is 125 Å². The summed E-state index contributed by atoms with van der Waals surface area (Å²) < 4.78 is 9.77. The predicted octanol–water partition coefficient (Wildman–Crippen LogP) is 5.29. The summed E-state index contributed by atoms with van der Waals surface area (Å²) in [5, 5.41) is 5.73. The fourth-order valence-corrected chi connectivity index (χ4v) is 4.52. The first-order valence-electron chi connectivity index (χ1n) is 10.7. The summed E-state index contributed by atoms with van der Waals surface area (Å²) in [6.45, 7) is 1.39. The Balaban J connectivity index is 1.35. The standard InChI is InChI=1S/C28H21N2O2/c31-27-16-24(28-25-8-4-3-6-22(25)11-12-26(28)32-27)18-30-14-13-29(19-30)17-20-9-10-21-5-1-2-7-23(21)15-20/h1-16,19H,17-18H2/q+1. The van der Waals surface area contributed by atoms with E-state index in [1.807, 2.05) is 30.5 Å². The van der Waals surface area contributed by atoms with E-state index in [0.29, 0.717) is 12.1 Å². The maximum Gasteiger partial charge on any atom is 0.336 e. The van der Waals surface area contributed by atoms with Crippen LogP contribution in [0.4, 0.5) is 0 Å². The van der Waals surface area contributed by atoms with Gasteiger partial charge < -0.3 is 4.42 Å². The second-order valence-electron chi connectivity index (χ2n) is 8.19. The molecule has 0 unspecified atom stereocenters. The molecule has 0 saturated heterocycles. The molecule has 0 fully saturated rings.